The number of hydrogen-bond donors (Lipinski definition) is 0. The molecular weight excluding hydrogens is 316 g/mol. The zero-order valence-electron chi connectivity index (χ0n) is 12.1. The third-order valence-corrected chi connectivity index (χ3v) is 4.77. The molecule has 2 aliphatic rings. The van der Waals surface area contributed by atoms with Gasteiger partial charge in [0.1, 0.15) is 18.0 Å². The summed E-state index contributed by atoms with van der Waals surface area (Å²) < 4.78 is 40.3. The molecule has 0 fully saturated rings. The van der Waals surface area contributed by atoms with Crippen LogP contribution >= 0.6 is 10.7 Å². The smallest absolute Gasteiger partial charge is 0.236 e. The van der Waals surface area contributed by atoms with Gasteiger partial charge in [-0.1, -0.05) is 0 Å². The highest BCUT2D eigenvalue weighted by Gasteiger charge is 2.37. The highest BCUT2D eigenvalue weighted by atomic mass is 35.7. The van der Waals surface area contributed by atoms with E-state index in [0.717, 1.165) is 11.1 Å². The Morgan fingerprint density at radius 2 is 1.71 bits per heavy atom. The van der Waals surface area contributed by atoms with Gasteiger partial charge in [0.05, 0.1) is 12.9 Å². The SMILES string of the molecule is COc1c2c(c(CS(=O)(=O)Cl)c3c1OC(C)C3)OC(C)C2. The van der Waals surface area contributed by atoms with Crippen molar-refractivity contribution in [2.75, 3.05) is 7.11 Å². The molecule has 0 radical (unpaired) electrons. The highest BCUT2D eigenvalue weighted by molar-refractivity contribution is 8.13. The molecule has 21 heavy (non-hydrogen) atoms. The maximum absolute atomic E-state index is 11.6. The van der Waals surface area contributed by atoms with E-state index in [1.165, 1.54) is 0 Å². The minimum atomic E-state index is -3.68. The molecule has 2 aliphatic heterocycles. The fraction of sp³-hybridized carbons (Fsp3) is 0.571. The van der Waals surface area contributed by atoms with Crippen molar-refractivity contribution in [3.05, 3.63) is 16.7 Å². The van der Waals surface area contributed by atoms with Gasteiger partial charge in [-0.2, -0.15) is 0 Å². The normalized spacial score (nSPS) is 23.2. The average molecular weight is 333 g/mol. The van der Waals surface area contributed by atoms with Crippen LogP contribution in [0.3, 0.4) is 0 Å². The van der Waals surface area contributed by atoms with Gasteiger partial charge in [-0.3, -0.25) is 0 Å². The Balaban J connectivity index is 2.25. The number of benzene rings is 1. The minimum Gasteiger partial charge on any atom is -0.492 e. The van der Waals surface area contributed by atoms with E-state index in [1.807, 2.05) is 13.8 Å². The van der Waals surface area contributed by atoms with Crippen molar-refractivity contribution in [1.82, 2.24) is 0 Å². The lowest BCUT2D eigenvalue weighted by molar-refractivity contribution is 0.242. The Kier molecular flexibility index (Phi) is 3.48. The van der Waals surface area contributed by atoms with Crippen LogP contribution in [0.5, 0.6) is 17.2 Å². The van der Waals surface area contributed by atoms with Crippen LogP contribution in [-0.2, 0) is 27.6 Å². The Morgan fingerprint density at radius 3 is 2.29 bits per heavy atom. The van der Waals surface area contributed by atoms with Crippen LogP contribution in [0.25, 0.3) is 0 Å². The van der Waals surface area contributed by atoms with Crippen LogP contribution in [0, 0.1) is 0 Å². The monoisotopic (exact) mass is 332 g/mol. The van der Waals surface area contributed by atoms with Gasteiger partial charge in [-0.05, 0) is 13.8 Å². The molecule has 0 saturated heterocycles. The predicted molar refractivity (Wildman–Crippen MR) is 79.1 cm³/mol. The Hall–Kier alpha value is -1.14. The summed E-state index contributed by atoms with van der Waals surface area (Å²) in [6, 6.07) is 0. The van der Waals surface area contributed by atoms with Gasteiger partial charge in [0.15, 0.2) is 11.5 Å². The van der Waals surface area contributed by atoms with E-state index in [0.29, 0.717) is 35.7 Å². The summed E-state index contributed by atoms with van der Waals surface area (Å²) in [5.74, 6) is 1.63. The van der Waals surface area contributed by atoms with Gasteiger partial charge in [0.2, 0.25) is 9.05 Å². The standard InChI is InChI=1S/C14H17ClO5S/c1-7-4-9-11(6-21(15,16)17)12-10(5-8(2)19-12)13(18-3)14(9)20-7/h7-8H,4-6H2,1-3H3. The molecule has 2 heterocycles. The summed E-state index contributed by atoms with van der Waals surface area (Å²) in [7, 11) is 3.37. The number of ether oxygens (including phenoxy) is 3. The topological polar surface area (TPSA) is 61.8 Å². The summed E-state index contributed by atoms with van der Waals surface area (Å²) >= 11 is 0. The largest absolute Gasteiger partial charge is 0.492 e. The van der Waals surface area contributed by atoms with Crippen LogP contribution in [-0.4, -0.2) is 27.7 Å². The predicted octanol–water partition coefficient (Wildman–Crippen LogP) is 2.41. The first kappa shape index (κ1) is 14.8. The lowest BCUT2D eigenvalue weighted by Crippen LogP contribution is -2.08. The summed E-state index contributed by atoms with van der Waals surface area (Å²) in [5.41, 5.74) is 2.31. The van der Waals surface area contributed by atoms with Crippen molar-refractivity contribution in [2.45, 2.75) is 44.6 Å². The van der Waals surface area contributed by atoms with E-state index in [-0.39, 0.29) is 18.0 Å². The summed E-state index contributed by atoms with van der Waals surface area (Å²) in [6.07, 6.45) is 1.24. The maximum atomic E-state index is 11.6. The van der Waals surface area contributed by atoms with Crippen molar-refractivity contribution in [2.24, 2.45) is 0 Å². The quantitative estimate of drug-likeness (QED) is 0.795. The fourth-order valence-corrected chi connectivity index (χ4v) is 4.08. The molecule has 0 N–H and O–H groups in total. The van der Waals surface area contributed by atoms with Crippen LogP contribution in [0.2, 0.25) is 0 Å². The second-order valence-corrected chi connectivity index (χ2v) is 8.35. The highest BCUT2D eigenvalue weighted by Crippen LogP contribution is 2.51. The Bertz CT molecular complexity index is 659. The van der Waals surface area contributed by atoms with E-state index in [4.69, 9.17) is 24.9 Å². The molecule has 0 amide bonds. The van der Waals surface area contributed by atoms with Gasteiger partial charge < -0.3 is 14.2 Å². The number of methoxy groups -OCH3 is 1. The first-order valence-electron chi connectivity index (χ1n) is 6.80. The molecule has 0 aromatic heterocycles. The second-order valence-electron chi connectivity index (χ2n) is 5.58. The molecule has 0 saturated carbocycles. The molecule has 7 heteroatoms. The van der Waals surface area contributed by atoms with Crippen LogP contribution in [0.15, 0.2) is 0 Å². The van der Waals surface area contributed by atoms with Crippen molar-refractivity contribution in [1.29, 1.82) is 0 Å². The first-order chi connectivity index (χ1) is 9.80. The molecule has 3 rings (SSSR count). The summed E-state index contributed by atoms with van der Waals surface area (Å²) in [5, 5.41) is 0. The molecule has 2 unspecified atom stereocenters. The molecular formula is C14H17ClO5S. The van der Waals surface area contributed by atoms with Crippen molar-refractivity contribution in [3.63, 3.8) is 0 Å². The molecule has 116 valence electrons. The van der Waals surface area contributed by atoms with Gasteiger partial charge in [-0.25, -0.2) is 8.42 Å². The molecule has 1 aromatic carbocycles. The zero-order valence-corrected chi connectivity index (χ0v) is 13.7. The lowest BCUT2D eigenvalue weighted by atomic mass is 9.98. The lowest BCUT2D eigenvalue weighted by Gasteiger charge is -2.16. The van der Waals surface area contributed by atoms with Gasteiger partial charge in [0, 0.05) is 40.2 Å². The zero-order chi connectivity index (χ0) is 15.4. The van der Waals surface area contributed by atoms with Crippen molar-refractivity contribution in [3.8, 4) is 17.2 Å². The van der Waals surface area contributed by atoms with Gasteiger partial charge in [0.25, 0.3) is 0 Å². The molecule has 0 spiro atoms. The number of fused-ring (bicyclic) bond motifs is 2. The Morgan fingerprint density at radius 1 is 1.14 bits per heavy atom. The maximum Gasteiger partial charge on any atom is 0.236 e. The number of halogens is 1. The third-order valence-electron chi connectivity index (χ3n) is 3.81. The molecule has 5 nitrogen and oxygen atoms in total. The van der Waals surface area contributed by atoms with Gasteiger partial charge in [-0.15, -0.1) is 0 Å². The van der Waals surface area contributed by atoms with Crippen LogP contribution < -0.4 is 14.2 Å². The molecule has 1 aromatic rings. The van der Waals surface area contributed by atoms with E-state index in [1.54, 1.807) is 7.11 Å². The van der Waals surface area contributed by atoms with E-state index >= 15 is 0 Å². The molecule has 0 aliphatic carbocycles. The summed E-state index contributed by atoms with van der Waals surface area (Å²) in [4.78, 5) is 0. The van der Waals surface area contributed by atoms with E-state index in [9.17, 15) is 8.42 Å². The van der Waals surface area contributed by atoms with Crippen LogP contribution in [0.1, 0.15) is 30.5 Å². The fourth-order valence-electron chi connectivity index (χ4n) is 3.10. The average Bonchev–Trinajstić information content (AvgIpc) is 2.90. The minimum absolute atomic E-state index is 0.0226. The molecule has 0 bridgehead atoms. The Labute approximate surface area is 128 Å². The molecule has 2 atom stereocenters. The first-order valence-corrected chi connectivity index (χ1v) is 9.28. The summed E-state index contributed by atoms with van der Waals surface area (Å²) in [6.45, 7) is 3.88. The number of rotatable bonds is 3. The van der Waals surface area contributed by atoms with Crippen molar-refractivity contribution >= 4 is 19.7 Å². The van der Waals surface area contributed by atoms with Crippen molar-refractivity contribution < 1.29 is 22.6 Å². The van der Waals surface area contributed by atoms with Gasteiger partial charge >= 0.3 is 0 Å². The van der Waals surface area contributed by atoms with Crippen LogP contribution in [0.4, 0.5) is 0 Å². The number of hydrogen-bond acceptors (Lipinski definition) is 5. The van der Waals surface area contributed by atoms with E-state index < -0.39 is 9.05 Å². The van der Waals surface area contributed by atoms with E-state index in [2.05, 4.69) is 0 Å². The third kappa shape index (κ3) is 2.55. The second kappa shape index (κ2) is 4.95.